The van der Waals surface area contributed by atoms with Crippen LogP contribution in [0.2, 0.25) is 0 Å². The van der Waals surface area contributed by atoms with Crippen LogP contribution in [0.25, 0.3) is 0 Å². The zero-order chi connectivity index (χ0) is 12.7. The van der Waals surface area contributed by atoms with E-state index in [0.717, 1.165) is 23.3 Å². The van der Waals surface area contributed by atoms with Gasteiger partial charge in [0.05, 0.1) is 6.61 Å². The van der Waals surface area contributed by atoms with Gasteiger partial charge in [-0.1, -0.05) is 12.1 Å². The maximum absolute atomic E-state index is 10.8. The molecule has 0 aromatic heterocycles. The minimum absolute atomic E-state index is 0.340. The van der Waals surface area contributed by atoms with E-state index in [-0.39, 0.29) is 5.91 Å². The Balaban J connectivity index is 2.50. The van der Waals surface area contributed by atoms with Gasteiger partial charge in [-0.3, -0.25) is 4.79 Å². The SMILES string of the molecule is CCOc1ccc(CCNC(=O)CO)cc1C. The van der Waals surface area contributed by atoms with E-state index in [1.54, 1.807) is 0 Å². The standard InChI is InChI=1S/C13H19NO3/c1-3-17-12-5-4-11(8-10(12)2)6-7-14-13(16)9-15/h4-5,8,15H,3,6-7,9H2,1-2H3,(H,14,16). The van der Waals surface area contributed by atoms with Crippen LogP contribution in [0.3, 0.4) is 0 Å². The summed E-state index contributed by atoms with van der Waals surface area (Å²) in [6, 6.07) is 5.99. The summed E-state index contributed by atoms with van der Waals surface area (Å²) in [7, 11) is 0. The van der Waals surface area contributed by atoms with E-state index in [1.807, 2.05) is 26.0 Å². The van der Waals surface area contributed by atoms with Crippen LogP contribution in [-0.4, -0.2) is 30.8 Å². The van der Waals surface area contributed by atoms with Crippen LogP contribution in [0, 0.1) is 6.92 Å². The van der Waals surface area contributed by atoms with Gasteiger partial charge >= 0.3 is 0 Å². The molecule has 0 fully saturated rings. The predicted octanol–water partition coefficient (Wildman–Crippen LogP) is 1.04. The normalized spacial score (nSPS) is 10.1. The molecule has 0 unspecified atom stereocenters. The molecule has 0 aliphatic rings. The highest BCUT2D eigenvalue weighted by atomic mass is 16.5. The third-order valence-electron chi connectivity index (χ3n) is 2.42. The summed E-state index contributed by atoms with van der Waals surface area (Å²) in [5.74, 6) is 0.559. The Hall–Kier alpha value is -1.55. The van der Waals surface area contributed by atoms with Crippen molar-refractivity contribution < 1.29 is 14.6 Å². The van der Waals surface area contributed by atoms with Gasteiger partial charge in [-0.25, -0.2) is 0 Å². The zero-order valence-corrected chi connectivity index (χ0v) is 10.3. The van der Waals surface area contributed by atoms with E-state index in [1.165, 1.54) is 0 Å². The number of rotatable bonds is 6. The lowest BCUT2D eigenvalue weighted by atomic mass is 10.1. The minimum Gasteiger partial charge on any atom is -0.494 e. The number of carbonyl (C=O) groups is 1. The van der Waals surface area contributed by atoms with Crippen LogP contribution in [-0.2, 0) is 11.2 Å². The van der Waals surface area contributed by atoms with Crippen LogP contribution in [0.5, 0.6) is 5.75 Å². The first-order chi connectivity index (χ1) is 8.17. The Labute approximate surface area is 102 Å². The van der Waals surface area contributed by atoms with E-state index in [4.69, 9.17) is 9.84 Å². The summed E-state index contributed by atoms with van der Waals surface area (Å²) in [5.41, 5.74) is 2.24. The number of amides is 1. The van der Waals surface area contributed by atoms with Crippen molar-refractivity contribution in [2.45, 2.75) is 20.3 Å². The molecule has 4 nitrogen and oxygen atoms in total. The van der Waals surface area contributed by atoms with E-state index in [9.17, 15) is 4.79 Å². The second-order valence-corrected chi connectivity index (χ2v) is 3.79. The molecule has 0 spiro atoms. The maximum Gasteiger partial charge on any atom is 0.245 e. The van der Waals surface area contributed by atoms with Crippen molar-refractivity contribution in [3.8, 4) is 5.75 Å². The Morgan fingerprint density at radius 1 is 1.47 bits per heavy atom. The minimum atomic E-state index is -0.456. The molecule has 94 valence electrons. The van der Waals surface area contributed by atoms with Crippen molar-refractivity contribution in [2.24, 2.45) is 0 Å². The number of hydrogen-bond donors (Lipinski definition) is 2. The van der Waals surface area contributed by atoms with Gasteiger partial charge in [-0.2, -0.15) is 0 Å². The monoisotopic (exact) mass is 237 g/mol. The third-order valence-corrected chi connectivity index (χ3v) is 2.42. The van der Waals surface area contributed by atoms with Gasteiger partial charge in [0, 0.05) is 6.54 Å². The fraction of sp³-hybridized carbons (Fsp3) is 0.462. The molecule has 4 heteroatoms. The van der Waals surface area contributed by atoms with Gasteiger partial charge in [0.1, 0.15) is 12.4 Å². The number of ether oxygens (including phenoxy) is 1. The Morgan fingerprint density at radius 3 is 2.82 bits per heavy atom. The lowest BCUT2D eigenvalue weighted by molar-refractivity contribution is -0.123. The van der Waals surface area contributed by atoms with E-state index in [0.29, 0.717) is 13.2 Å². The second-order valence-electron chi connectivity index (χ2n) is 3.79. The molecule has 0 saturated heterocycles. The van der Waals surface area contributed by atoms with Crippen molar-refractivity contribution in [3.63, 3.8) is 0 Å². The van der Waals surface area contributed by atoms with E-state index < -0.39 is 6.61 Å². The number of carbonyl (C=O) groups excluding carboxylic acids is 1. The molecule has 0 bridgehead atoms. The molecule has 0 atom stereocenters. The number of aryl methyl sites for hydroxylation is 1. The average molecular weight is 237 g/mol. The highest BCUT2D eigenvalue weighted by Crippen LogP contribution is 2.19. The summed E-state index contributed by atoms with van der Waals surface area (Å²) in [5, 5.41) is 11.2. The van der Waals surface area contributed by atoms with Gasteiger partial charge in [0.25, 0.3) is 0 Å². The molecule has 1 rings (SSSR count). The maximum atomic E-state index is 10.8. The Morgan fingerprint density at radius 2 is 2.24 bits per heavy atom. The molecular formula is C13H19NO3. The smallest absolute Gasteiger partial charge is 0.245 e. The summed E-state index contributed by atoms with van der Waals surface area (Å²) in [4.78, 5) is 10.8. The summed E-state index contributed by atoms with van der Waals surface area (Å²) < 4.78 is 5.45. The Bertz CT molecular complexity index is 377. The van der Waals surface area contributed by atoms with Crippen molar-refractivity contribution in [2.75, 3.05) is 19.8 Å². The average Bonchev–Trinajstić information content (AvgIpc) is 2.32. The third kappa shape index (κ3) is 4.44. The summed E-state index contributed by atoms with van der Waals surface area (Å²) in [6.07, 6.45) is 0.749. The van der Waals surface area contributed by atoms with Gasteiger partial charge < -0.3 is 15.2 Å². The van der Waals surface area contributed by atoms with Crippen LogP contribution in [0.15, 0.2) is 18.2 Å². The van der Waals surface area contributed by atoms with Crippen molar-refractivity contribution in [3.05, 3.63) is 29.3 Å². The van der Waals surface area contributed by atoms with Crippen molar-refractivity contribution >= 4 is 5.91 Å². The molecule has 0 aliphatic heterocycles. The zero-order valence-electron chi connectivity index (χ0n) is 10.3. The molecular weight excluding hydrogens is 218 g/mol. The van der Waals surface area contributed by atoms with Crippen LogP contribution in [0.4, 0.5) is 0 Å². The second kappa shape index (κ2) is 6.91. The van der Waals surface area contributed by atoms with Gasteiger partial charge in [0.15, 0.2) is 0 Å². The highest BCUT2D eigenvalue weighted by Gasteiger charge is 2.02. The molecule has 17 heavy (non-hydrogen) atoms. The van der Waals surface area contributed by atoms with Crippen LogP contribution in [0.1, 0.15) is 18.1 Å². The topological polar surface area (TPSA) is 58.6 Å². The first-order valence-corrected chi connectivity index (χ1v) is 5.77. The molecule has 0 radical (unpaired) electrons. The Kier molecular flexibility index (Phi) is 5.49. The summed E-state index contributed by atoms with van der Waals surface area (Å²) >= 11 is 0. The van der Waals surface area contributed by atoms with Crippen LogP contribution >= 0.6 is 0 Å². The van der Waals surface area contributed by atoms with Gasteiger partial charge in [-0.05, 0) is 37.5 Å². The molecule has 1 aromatic rings. The molecule has 1 aromatic carbocycles. The lowest BCUT2D eigenvalue weighted by Gasteiger charge is -2.09. The first kappa shape index (κ1) is 13.5. The van der Waals surface area contributed by atoms with Crippen LogP contribution < -0.4 is 10.1 Å². The fourth-order valence-electron chi connectivity index (χ4n) is 1.59. The molecule has 0 aliphatic carbocycles. The number of aliphatic hydroxyl groups excluding tert-OH is 1. The molecule has 0 heterocycles. The largest absolute Gasteiger partial charge is 0.494 e. The van der Waals surface area contributed by atoms with Crippen molar-refractivity contribution in [1.29, 1.82) is 0 Å². The van der Waals surface area contributed by atoms with Crippen molar-refractivity contribution in [1.82, 2.24) is 5.32 Å². The van der Waals surface area contributed by atoms with Gasteiger partial charge in [-0.15, -0.1) is 0 Å². The van der Waals surface area contributed by atoms with E-state index >= 15 is 0 Å². The number of nitrogens with one attached hydrogen (secondary N) is 1. The number of benzene rings is 1. The first-order valence-electron chi connectivity index (χ1n) is 5.77. The highest BCUT2D eigenvalue weighted by molar-refractivity contribution is 5.76. The molecule has 1 amide bonds. The predicted molar refractivity (Wildman–Crippen MR) is 66.1 cm³/mol. The van der Waals surface area contributed by atoms with Gasteiger partial charge in [0.2, 0.25) is 5.91 Å². The molecule has 0 saturated carbocycles. The fourth-order valence-corrected chi connectivity index (χ4v) is 1.59. The quantitative estimate of drug-likeness (QED) is 0.777. The number of aliphatic hydroxyl groups is 1. The number of hydrogen-bond acceptors (Lipinski definition) is 3. The van der Waals surface area contributed by atoms with E-state index in [2.05, 4.69) is 11.4 Å². The molecule has 2 N–H and O–H groups in total. The summed E-state index contributed by atoms with van der Waals surface area (Å²) in [6.45, 7) is 4.69. The lowest BCUT2D eigenvalue weighted by Crippen LogP contribution is -2.28.